The maximum absolute atomic E-state index is 5.72. The Morgan fingerprint density at radius 3 is 2.40 bits per heavy atom. The molecule has 0 spiro atoms. The highest BCUT2D eigenvalue weighted by Crippen LogP contribution is 2.18. The largest absolute Gasteiger partial charge is 0.330 e. The van der Waals surface area contributed by atoms with Gasteiger partial charge in [0.15, 0.2) is 0 Å². The second-order valence-corrected chi connectivity index (χ2v) is 6.33. The van der Waals surface area contributed by atoms with Crippen molar-refractivity contribution < 1.29 is 0 Å². The molecule has 3 heteroatoms. The van der Waals surface area contributed by atoms with E-state index in [-0.39, 0.29) is 0 Å². The predicted octanol–water partition coefficient (Wildman–Crippen LogP) is 2.27. The molecule has 1 heterocycles. The summed E-state index contributed by atoms with van der Waals surface area (Å²) in [5.74, 6) is 0.454. The number of likely N-dealkylation sites (tertiary alicyclic amines) is 1. The highest BCUT2D eigenvalue weighted by Gasteiger charge is 2.20. The lowest BCUT2D eigenvalue weighted by Crippen LogP contribution is -2.41. The maximum Gasteiger partial charge on any atom is 0.0233 e. The van der Waals surface area contributed by atoms with Gasteiger partial charge in [0.1, 0.15) is 0 Å². The monoisotopic (exact) mass is 275 g/mol. The van der Waals surface area contributed by atoms with E-state index in [1.165, 1.54) is 37.1 Å². The van der Waals surface area contributed by atoms with Crippen molar-refractivity contribution in [3.8, 4) is 0 Å². The average molecular weight is 275 g/mol. The van der Waals surface area contributed by atoms with Gasteiger partial charge in [-0.1, -0.05) is 31.2 Å². The molecule has 20 heavy (non-hydrogen) atoms. The maximum atomic E-state index is 5.72. The Bertz CT molecular complexity index is 393. The van der Waals surface area contributed by atoms with E-state index < -0.39 is 0 Å². The third kappa shape index (κ3) is 4.05. The van der Waals surface area contributed by atoms with Crippen LogP contribution in [0.5, 0.6) is 0 Å². The minimum absolute atomic E-state index is 0.454. The van der Waals surface area contributed by atoms with Gasteiger partial charge in [0.05, 0.1) is 0 Å². The van der Waals surface area contributed by atoms with Gasteiger partial charge in [-0.05, 0) is 63.6 Å². The zero-order valence-electron chi connectivity index (χ0n) is 13.2. The van der Waals surface area contributed by atoms with Crippen LogP contribution in [0, 0.1) is 0 Å². The lowest BCUT2D eigenvalue weighted by molar-refractivity contribution is 0.139. The molecule has 1 fully saturated rings. The number of benzene rings is 1. The molecule has 0 aromatic heterocycles. The minimum Gasteiger partial charge on any atom is -0.330 e. The zero-order chi connectivity index (χ0) is 14.5. The lowest BCUT2D eigenvalue weighted by Gasteiger charge is -2.35. The molecule has 0 amide bonds. The minimum atomic E-state index is 0.454. The fourth-order valence-corrected chi connectivity index (χ4v) is 2.94. The Kier molecular flexibility index (Phi) is 5.58. The quantitative estimate of drug-likeness (QED) is 0.895. The van der Waals surface area contributed by atoms with Crippen molar-refractivity contribution in [1.29, 1.82) is 0 Å². The summed E-state index contributed by atoms with van der Waals surface area (Å²) >= 11 is 0. The number of nitrogens with two attached hydrogens (primary N) is 1. The fourth-order valence-electron chi connectivity index (χ4n) is 2.94. The van der Waals surface area contributed by atoms with Crippen LogP contribution in [0.15, 0.2) is 24.3 Å². The number of hydrogen-bond acceptors (Lipinski definition) is 3. The van der Waals surface area contributed by atoms with E-state index in [1.807, 2.05) is 0 Å². The van der Waals surface area contributed by atoms with Crippen molar-refractivity contribution in [1.82, 2.24) is 9.80 Å². The van der Waals surface area contributed by atoms with Gasteiger partial charge in [0, 0.05) is 12.6 Å². The molecule has 0 saturated carbocycles. The molecular formula is C17H29N3. The van der Waals surface area contributed by atoms with Crippen LogP contribution < -0.4 is 5.73 Å². The van der Waals surface area contributed by atoms with Crippen molar-refractivity contribution in [2.75, 3.05) is 33.7 Å². The second-order valence-electron chi connectivity index (χ2n) is 6.33. The summed E-state index contributed by atoms with van der Waals surface area (Å²) in [5, 5.41) is 0. The van der Waals surface area contributed by atoms with Crippen LogP contribution in [0.2, 0.25) is 0 Å². The molecule has 2 N–H and O–H groups in total. The van der Waals surface area contributed by atoms with E-state index in [2.05, 4.69) is 55.1 Å². The van der Waals surface area contributed by atoms with E-state index in [4.69, 9.17) is 5.73 Å². The Labute approximate surface area is 123 Å². The zero-order valence-corrected chi connectivity index (χ0v) is 13.2. The van der Waals surface area contributed by atoms with E-state index in [0.29, 0.717) is 5.92 Å². The van der Waals surface area contributed by atoms with Gasteiger partial charge in [-0.3, -0.25) is 4.90 Å². The Hall–Kier alpha value is -0.900. The Morgan fingerprint density at radius 1 is 1.25 bits per heavy atom. The molecule has 1 aliphatic rings. The van der Waals surface area contributed by atoms with Crippen LogP contribution in [-0.4, -0.2) is 49.6 Å². The summed E-state index contributed by atoms with van der Waals surface area (Å²) in [6.07, 6.45) is 2.57. The average Bonchev–Trinajstić information content (AvgIpc) is 2.48. The van der Waals surface area contributed by atoms with Crippen molar-refractivity contribution in [3.63, 3.8) is 0 Å². The first-order valence-electron chi connectivity index (χ1n) is 7.78. The molecule has 112 valence electrons. The first kappa shape index (κ1) is 15.5. The summed E-state index contributed by atoms with van der Waals surface area (Å²) in [5.41, 5.74) is 8.47. The smallest absolute Gasteiger partial charge is 0.0233 e. The first-order chi connectivity index (χ1) is 9.60. The van der Waals surface area contributed by atoms with Crippen LogP contribution in [0.3, 0.4) is 0 Å². The molecule has 0 radical (unpaired) electrons. The molecule has 0 bridgehead atoms. The third-order valence-corrected chi connectivity index (χ3v) is 4.65. The molecule has 1 aromatic rings. The molecule has 2 rings (SSSR count). The van der Waals surface area contributed by atoms with E-state index >= 15 is 0 Å². The first-order valence-corrected chi connectivity index (χ1v) is 7.78. The van der Waals surface area contributed by atoms with E-state index in [0.717, 1.165) is 19.1 Å². The van der Waals surface area contributed by atoms with Crippen LogP contribution in [0.25, 0.3) is 0 Å². The molecule has 1 unspecified atom stereocenters. The van der Waals surface area contributed by atoms with Gasteiger partial charge < -0.3 is 10.6 Å². The number of rotatable bonds is 5. The fraction of sp³-hybridized carbons (Fsp3) is 0.647. The van der Waals surface area contributed by atoms with Gasteiger partial charge in [-0.25, -0.2) is 0 Å². The number of nitrogens with zero attached hydrogens (tertiary/aromatic N) is 2. The third-order valence-electron chi connectivity index (χ3n) is 4.65. The van der Waals surface area contributed by atoms with Crippen molar-refractivity contribution in [2.45, 2.75) is 38.3 Å². The van der Waals surface area contributed by atoms with E-state index in [9.17, 15) is 0 Å². The summed E-state index contributed by atoms with van der Waals surface area (Å²) in [4.78, 5) is 4.93. The van der Waals surface area contributed by atoms with Gasteiger partial charge in [0.2, 0.25) is 0 Å². The van der Waals surface area contributed by atoms with Gasteiger partial charge in [0.25, 0.3) is 0 Å². The topological polar surface area (TPSA) is 32.5 Å². The Morgan fingerprint density at radius 2 is 1.85 bits per heavy atom. The van der Waals surface area contributed by atoms with Crippen LogP contribution >= 0.6 is 0 Å². The summed E-state index contributed by atoms with van der Waals surface area (Å²) in [6, 6.07) is 9.71. The molecule has 1 saturated heterocycles. The molecule has 3 nitrogen and oxygen atoms in total. The van der Waals surface area contributed by atoms with Gasteiger partial charge in [-0.15, -0.1) is 0 Å². The highest BCUT2D eigenvalue weighted by atomic mass is 15.2. The van der Waals surface area contributed by atoms with Crippen molar-refractivity contribution >= 4 is 0 Å². The van der Waals surface area contributed by atoms with Crippen molar-refractivity contribution in [3.05, 3.63) is 35.4 Å². The van der Waals surface area contributed by atoms with Crippen LogP contribution in [0.4, 0.5) is 0 Å². The SMILES string of the molecule is CC(CN)c1ccc(CN(C)C2CCN(C)CC2)cc1. The molecule has 0 aliphatic carbocycles. The second kappa shape index (κ2) is 7.21. The number of hydrogen-bond donors (Lipinski definition) is 1. The predicted molar refractivity (Wildman–Crippen MR) is 85.9 cm³/mol. The standard InChI is InChI=1S/C17H29N3/c1-14(12-18)16-6-4-15(5-7-16)13-20(3)17-8-10-19(2)11-9-17/h4-7,14,17H,8-13,18H2,1-3H3. The molecule has 1 aliphatic heterocycles. The normalized spacial score (nSPS) is 19.4. The number of piperidine rings is 1. The molecule has 1 aromatic carbocycles. The summed E-state index contributed by atoms with van der Waals surface area (Å²) in [7, 11) is 4.47. The van der Waals surface area contributed by atoms with Crippen LogP contribution in [0.1, 0.15) is 36.8 Å². The molecule has 1 atom stereocenters. The van der Waals surface area contributed by atoms with Crippen molar-refractivity contribution in [2.24, 2.45) is 5.73 Å². The highest BCUT2D eigenvalue weighted by molar-refractivity contribution is 5.25. The van der Waals surface area contributed by atoms with Gasteiger partial charge in [-0.2, -0.15) is 0 Å². The van der Waals surface area contributed by atoms with Crippen LogP contribution in [-0.2, 0) is 6.54 Å². The Balaban J connectivity index is 1.89. The summed E-state index contributed by atoms with van der Waals surface area (Å²) in [6.45, 7) is 6.39. The molecular weight excluding hydrogens is 246 g/mol. The summed E-state index contributed by atoms with van der Waals surface area (Å²) < 4.78 is 0. The van der Waals surface area contributed by atoms with E-state index in [1.54, 1.807) is 0 Å². The lowest BCUT2D eigenvalue weighted by atomic mass is 9.99. The van der Waals surface area contributed by atoms with Gasteiger partial charge >= 0.3 is 0 Å².